The van der Waals surface area contributed by atoms with E-state index in [0.717, 1.165) is 28.2 Å². The Hall–Kier alpha value is -9.08. The van der Waals surface area contributed by atoms with Crippen LogP contribution in [0.1, 0.15) is 0 Å². The van der Waals surface area contributed by atoms with E-state index in [4.69, 9.17) is 0 Å². The molecule has 0 unspecified atom stereocenters. The summed E-state index contributed by atoms with van der Waals surface area (Å²) in [4.78, 5) is 2.46. The zero-order valence-corrected chi connectivity index (χ0v) is 40.2. The monoisotopic (exact) mass is 931 g/mol. The molecule has 0 aliphatic heterocycles. The van der Waals surface area contributed by atoms with E-state index in [2.05, 4.69) is 278 Å². The van der Waals surface area contributed by atoms with Gasteiger partial charge in [0.2, 0.25) is 0 Å². The molecule has 14 rings (SSSR count). The summed E-state index contributed by atoms with van der Waals surface area (Å²) in [7, 11) is 0. The summed E-state index contributed by atoms with van der Waals surface area (Å²) in [5.41, 5.74) is 15.3. The lowest BCUT2D eigenvalue weighted by Crippen LogP contribution is -2.11. The minimum absolute atomic E-state index is 1.08. The number of anilines is 3. The first-order chi connectivity index (χ1) is 35.7. The molecule has 1 heterocycles. The van der Waals surface area contributed by atoms with Crippen molar-refractivity contribution in [3.8, 4) is 55.6 Å². The van der Waals surface area contributed by atoms with E-state index >= 15 is 0 Å². The molecule has 0 spiro atoms. The lowest BCUT2D eigenvalue weighted by Gasteiger charge is -2.29. The van der Waals surface area contributed by atoms with Gasteiger partial charge in [-0.3, -0.25) is 0 Å². The number of nitrogens with zero attached hydrogens (tertiary/aromatic N) is 1. The highest BCUT2D eigenvalue weighted by Crippen LogP contribution is 2.48. The highest BCUT2D eigenvalue weighted by atomic mass is 32.1. The van der Waals surface area contributed by atoms with E-state index in [1.807, 2.05) is 11.3 Å². The fourth-order valence-electron chi connectivity index (χ4n) is 11.3. The Labute approximate surface area is 422 Å². The molecule has 0 saturated carbocycles. The highest BCUT2D eigenvalue weighted by Gasteiger charge is 2.22. The van der Waals surface area contributed by atoms with Crippen molar-refractivity contribution in [2.45, 2.75) is 0 Å². The maximum atomic E-state index is 2.46. The maximum absolute atomic E-state index is 2.46. The molecule has 0 bridgehead atoms. The highest BCUT2D eigenvalue weighted by molar-refractivity contribution is 7.26. The van der Waals surface area contributed by atoms with Crippen molar-refractivity contribution < 1.29 is 0 Å². The second-order valence-corrected chi connectivity index (χ2v) is 19.8. The van der Waals surface area contributed by atoms with Crippen LogP contribution in [0, 0.1) is 0 Å². The van der Waals surface area contributed by atoms with Crippen molar-refractivity contribution in [1.29, 1.82) is 0 Å². The minimum Gasteiger partial charge on any atom is -0.310 e. The molecule has 0 atom stereocenters. The van der Waals surface area contributed by atoms with E-state index in [0.29, 0.717) is 0 Å². The van der Waals surface area contributed by atoms with E-state index in [-0.39, 0.29) is 0 Å². The molecule has 0 amide bonds. The van der Waals surface area contributed by atoms with Gasteiger partial charge in [0, 0.05) is 37.1 Å². The molecule has 13 aromatic carbocycles. The van der Waals surface area contributed by atoms with Gasteiger partial charge in [0.25, 0.3) is 0 Å². The van der Waals surface area contributed by atoms with Crippen LogP contribution in [-0.4, -0.2) is 0 Å². The van der Waals surface area contributed by atoms with E-state index in [1.165, 1.54) is 108 Å². The summed E-state index contributed by atoms with van der Waals surface area (Å²) in [6.07, 6.45) is 0. The van der Waals surface area contributed by atoms with Gasteiger partial charge >= 0.3 is 0 Å². The number of benzene rings is 13. The van der Waals surface area contributed by atoms with E-state index < -0.39 is 0 Å². The topological polar surface area (TPSA) is 3.24 Å². The normalized spacial score (nSPS) is 11.6. The second kappa shape index (κ2) is 17.4. The summed E-state index contributed by atoms with van der Waals surface area (Å²) < 4.78 is 2.62. The number of rotatable bonds is 8. The molecule has 0 aliphatic rings. The fourth-order valence-corrected chi connectivity index (χ4v) is 12.5. The van der Waals surface area contributed by atoms with Crippen LogP contribution >= 0.6 is 11.3 Å². The molecule has 14 aromatic rings. The lowest BCUT2D eigenvalue weighted by atomic mass is 9.84. The molecule has 1 aromatic heterocycles. The zero-order chi connectivity index (χ0) is 47.5. The Bertz CT molecular complexity index is 4380. The molecule has 0 N–H and O–H groups in total. The lowest BCUT2D eigenvalue weighted by molar-refractivity contribution is 1.28. The first-order valence-electron chi connectivity index (χ1n) is 24.7. The Kier molecular flexibility index (Phi) is 10.1. The summed E-state index contributed by atoms with van der Waals surface area (Å²) >= 11 is 1.88. The molecule has 1 nitrogen and oxygen atoms in total. The molecular weight excluding hydrogens is 887 g/mol. The number of hydrogen-bond acceptors (Lipinski definition) is 2. The number of hydrogen-bond donors (Lipinski definition) is 0. The SMILES string of the molecule is c1ccc(-c2c(-c3ccccc3)c3cc(-c4ccccc4N(c4ccc(-c5ccc6c(ccc7ccccc76)c5)cc4)c4cccc(-c5cccc6c5sc5ccccc56)c4)ccc3c3ccccc23)cc1. The molecular formula is C70H45NS. The predicted octanol–water partition coefficient (Wildman–Crippen LogP) is 20.5. The summed E-state index contributed by atoms with van der Waals surface area (Å²) in [6.45, 7) is 0. The molecule has 0 aliphatic carbocycles. The van der Waals surface area contributed by atoms with Crippen molar-refractivity contribution in [3.63, 3.8) is 0 Å². The van der Waals surface area contributed by atoms with Crippen molar-refractivity contribution in [2.75, 3.05) is 4.90 Å². The molecule has 336 valence electrons. The average molecular weight is 932 g/mol. The first kappa shape index (κ1) is 41.9. The Morgan fingerprint density at radius 3 is 1.61 bits per heavy atom. The van der Waals surface area contributed by atoms with E-state index in [9.17, 15) is 0 Å². The van der Waals surface area contributed by atoms with Crippen molar-refractivity contribution in [3.05, 3.63) is 273 Å². The summed E-state index contributed by atoms with van der Waals surface area (Å²) in [6, 6.07) is 101. The molecule has 0 radical (unpaired) electrons. The first-order valence-corrected chi connectivity index (χ1v) is 25.5. The third-order valence-corrected chi connectivity index (χ3v) is 15.8. The molecule has 0 fully saturated rings. The quantitative estimate of drug-likeness (QED) is 0.137. The van der Waals surface area contributed by atoms with Crippen LogP contribution in [0.5, 0.6) is 0 Å². The fraction of sp³-hybridized carbons (Fsp3) is 0. The number of para-hydroxylation sites is 1. The third-order valence-electron chi connectivity index (χ3n) is 14.6. The molecule has 2 heteroatoms. The maximum Gasteiger partial charge on any atom is 0.0540 e. The van der Waals surface area contributed by atoms with Crippen molar-refractivity contribution in [1.82, 2.24) is 0 Å². The average Bonchev–Trinajstić information content (AvgIpc) is 3.84. The Morgan fingerprint density at radius 1 is 0.250 bits per heavy atom. The van der Waals surface area contributed by atoms with Gasteiger partial charge < -0.3 is 4.90 Å². The van der Waals surface area contributed by atoms with E-state index in [1.54, 1.807) is 0 Å². The Morgan fingerprint density at radius 2 is 0.792 bits per heavy atom. The van der Waals surface area contributed by atoms with Gasteiger partial charge in [0.05, 0.1) is 5.69 Å². The largest absolute Gasteiger partial charge is 0.310 e. The number of thiophene rings is 1. The zero-order valence-electron chi connectivity index (χ0n) is 39.3. The second-order valence-electron chi connectivity index (χ2n) is 18.7. The van der Waals surface area contributed by atoms with Crippen molar-refractivity contribution >= 4 is 91.7 Å². The van der Waals surface area contributed by atoms with Gasteiger partial charge in [-0.1, -0.05) is 224 Å². The standard InChI is InChI=1S/C70H45NS/c1-3-18-48(19-4-1)68-63-28-10-9-26-60(63)61-42-38-53(45-65(61)69(68)49-20-5-2-6-21-49)58-25-11-13-31-66(58)71(55-23-15-22-51(44-55)59-29-16-30-64-62-27-12-14-32-67(62)72-70(59)64)54-39-35-46(36-40-54)50-37-41-57-52(43-50)34-33-47-17-7-8-24-56(47)57/h1-45H. The van der Waals surface area contributed by atoms with Crippen LogP contribution in [0.3, 0.4) is 0 Å². The minimum atomic E-state index is 1.08. The van der Waals surface area contributed by atoms with Gasteiger partial charge in [-0.15, -0.1) is 11.3 Å². The van der Waals surface area contributed by atoms with Crippen LogP contribution in [0.4, 0.5) is 17.1 Å². The van der Waals surface area contributed by atoms with Gasteiger partial charge in [-0.2, -0.15) is 0 Å². The van der Waals surface area contributed by atoms with Gasteiger partial charge in [0.1, 0.15) is 0 Å². The predicted molar refractivity (Wildman–Crippen MR) is 311 cm³/mol. The summed E-state index contributed by atoms with van der Waals surface area (Å²) in [5.74, 6) is 0. The van der Waals surface area contributed by atoms with Gasteiger partial charge in [-0.05, 0) is 142 Å². The summed E-state index contributed by atoms with van der Waals surface area (Å²) in [5, 5.41) is 12.6. The molecule has 72 heavy (non-hydrogen) atoms. The van der Waals surface area contributed by atoms with Crippen molar-refractivity contribution in [2.24, 2.45) is 0 Å². The molecule has 0 saturated heterocycles. The smallest absolute Gasteiger partial charge is 0.0540 e. The van der Waals surface area contributed by atoms with Gasteiger partial charge in [-0.25, -0.2) is 0 Å². The Balaban J connectivity index is 0.963. The van der Waals surface area contributed by atoms with Crippen LogP contribution < -0.4 is 4.90 Å². The number of fused-ring (bicyclic) bond motifs is 9. The van der Waals surface area contributed by atoms with Gasteiger partial charge in [0.15, 0.2) is 0 Å². The van der Waals surface area contributed by atoms with Crippen LogP contribution in [0.15, 0.2) is 273 Å². The third kappa shape index (κ3) is 7.07. The van der Waals surface area contributed by atoms with Crippen LogP contribution in [0.25, 0.3) is 119 Å². The van der Waals surface area contributed by atoms with Crippen LogP contribution in [0.2, 0.25) is 0 Å². The van der Waals surface area contributed by atoms with Crippen LogP contribution in [-0.2, 0) is 0 Å².